The van der Waals surface area contributed by atoms with Crippen LogP contribution in [0.2, 0.25) is 0 Å². The number of aromatic nitrogens is 2. The number of nitrogens with zero attached hydrogens (tertiary/aromatic N) is 2. The molecule has 0 spiro atoms. The number of hydrogen-bond acceptors (Lipinski definition) is 2. The fourth-order valence-electron chi connectivity index (χ4n) is 1.14. The molecule has 0 amide bonds. The molecule has 0 atom stereocenters. The molecule has 0 radical (unpaired) electrons. The molecule has 0 aliphatic carbocycles. The van der Waals surface area contributed by atoms with Crippen LogP contribution in [-0.2, 0) is 23.9 Å². The molecular weight excluding hydrogens is 321 g/mol. The molecule has 1 aromatic heterocycles. The average molecular weight is 334 g/mol. The number of aryl methyl sites for hydroxylation is 2. The van der Waals surface area contributed by atoms with Gasteiger partial charge in [0.2, 0.25) is 0 Å². The maximum absolute atomic E-state index is 11.5. The van der Waals surface area contributed by atoms with Crippen LogP contribution in [0.25, 0.3) is 0 Å². The van der Waals surface area contributed by atoms with Crippen LogP contribution in [0.1, 0.15) is 6.92 Å². The Morgan fingerprint density at radius 3 is 1.79 bits per heavy atom. The first-order chi connectivity index (χ1) is 7.94. The first-order valence-electron chi connectivity index (χ1n) is 4.74. The molecule has 0 aliphatic heterocycles. The van der Waals surface area contributed by atoms with Gasteiger partial charge in [0.1, 0.15) is 12.4 Å². The van der Waals surface area contributed by atoms with Crippen molar-refractivity contribution in [1.82, 2.24) is 4.57 Å². The third-order valence-corrected chi connectivity index (χ3v) is 3.67. The van der Waals surface area contributed by atoms with E-state index in [0.29, 0.717) is 5.16 Å². The van der Waals surface area contributed by atoms with Crippen molar-refractivity contribution in [2.24, 2.45) is 14.1 Å². The van der Waals surface area contributed by atoms with Crippen LogP contribution in [0.3, 0.4) is 0 Å². The molecule has 0 unspecified atom stereocenters. The van der Waals surface area contributed by atoms with Crippen LogP contribution >= 0.6 is 7.81 Å². The van der Waals surface area contributed by atoms with Crippen LogP contribution in [0.5, 0.6) is 0 Å². The summed E-state index contributed by atoms with van der Waals surface area (Å²) in [6, 6.07) is 0. The van der Waals surface area contributed by atoms with Crippen molar-refractivity contribution in [3.8, 4) is 0 Å². The Kier molecular flexibility index (Phi) is 4.15. The Morgan fingerprint density at radius 2 is 1.58 bits per heavy atom. The Hall–Kier alpha value is -0.830. The number of imidazole rings is 1. The zero-order chi connectivity index (χ0) is 15.8. The van der Waals surface area contributed by atoms with Crippen molar-refractivity contribution >= 4 is 17.6 Å². The number of halogens is 6. The molecule has 116 valence electrons. The van der Waals surface area contributed by atoms with Gasteiger partial charge in [0.15, 0.2) is 0 Å². The van der Waals surface area contributed by atoms with Crippen molar-refractivity contribution in [1.29, 1.82) is 0 Å². The summed E-state index contributed by atoms with van der Waals surface area (Å²) in [5, 5.41) is 0.352. The van der Waals surface area contributed by atoms with E-state index in [1.807, 2.05) is 0 Å². The van der Waals surface area contributed by atoms with Gasteiger partial charge in [0.05, 0.1) is 19.8 Å². The van der Waals surface area contributed by atoms with Gasteiger partial charge in [-0.25, -0.2) is 17.6 Å². The molecule has 1 rings (SSSR count). The van der Waals surface area contributed by atoms with E-state index >= 15 is 0 Å². The molecule has 12 heteroatoms. The summed E-state index contributed by atoms with van der Waals surface area (Å²) in [6.07, 6.45) is 3.45. The van der Waals surface area contributed by atoms with Crippen LogP contribution < -0.4 is 4.57 Å². The number of rotatable bonds is 2. The summed E-state index contributed by atoms with van der Waals surface area (Å²) in [4.78, 5) is 0. The Balaban J connectivity index is 0.000000399. The van der Waals surface area contributed by atoms with E-state index in [9.17, 15) is 33.6 Å². The zero-order valence-corrected chi connectivity index (χ0v) is 11.9. The van der Waals surface area contributed by atoms with Crippen LogP contribution in [-0.4, -0.2) is 18.7 Å². The standard InChI is InChI=1S/C7H13N2O2S.F6P/c1-4-12(10,11)7-8(2)5-6-9(7)3;1-7(2,3,4,5)6/h5-6H,4H2,1-3H3;/q+1;-1. The second-order valence-corrected chi connectivity index (χ2v) is 7.75. The maximum atomic E-state index is 11.5. The van der Waals surface area contributed by atoms with Gasteiger partial charge in [-0.05, 0) is 0 Å². The predicted molar refractivity (Wildman–Crippen MR) is 57.9 cm³/mol. The monoisotopic (exact) mass is 334 g/mol. The quantitative estimate of drug-likeness (QED) is 0.474. The SMILES string of the molecule is CCS(=O)(=O)c1n(C)cc[n+]1C.F[P-](F)(F)(F)(F)F. The Labute approximate surface area is 105 Å². The van der Waals surface area contributed by atoms with Gasteiger partial charge in [-0.2, -0.15) is 0 Å². The minimum atomic E-state index is -10.7. The Morgan fingerprint density at radius 1 is 1.21 bits per heavy atom. The summed E-state index contributed by atoms with van der Waals surface area (Å²) < 4.78 is 85.3. The first kappa shape index (κ1) is 18.2. The van der Waals surface area contributed by atoms with Crippen LogP contribution in [0.4, 0.5) is 25.2 Å². The van der Waals surface area contributed by atoms with Gasteiger partial charge < -0.3 is 0 Å². The van der Waals surface area contributed by atoms with Gasteiger partial charge in [-0.15, -0.1) is 0 Å². The van der Waals surface area contributed by atoms with Gasteiger partial charge in [0.25, 0.3) is 9.84 Å². The third-order valence-electron chi connectivity index (χ3n) is 1.78. The van der Waals surface area contributed by atoms with E-state index in [4.69, 9.17) is 0 Å². The summed E-state index contributed by atoms with van der Waals surface area (Å²) in [7, 11) is -10.3. The fraction of sp³-hybridized carbons (Fsp3) is 0.571. The second kappa shape index (κ2) is 4.34. The Bertz CT molecular complexity index is 531. The van der Waals surface area contributed by atoms with Gasteiger partial charge >= 0.3 is 38.1 Å². The average Bonchev–Trinajstić information content (AvgIpc) is 2.41. The summed E-state index contributed by atoms with van der Waals surface area (Å²) in [6.45, 7) is 1.64. The van der Waals surface area contributed by atoms with E-state index in [0.717, 1.165) is 0 Å². The van der Waals surface area contributed by atoms with Gasteiger partial charge in [-0.1, -0.05) is 6.92 Å². The van der Waals surface area contributed by atoms with E-state index in [1.165, 1.54) is 0 Å². The number of sulfone groups is 1. The topological polar surface area (TPSA) is 43.0 Å². The van der Waals surface area contributed by atoms with E-state index in [2.05, 4.69) is 0 Å². The number of hydrogen-bond donors (Lipinski definition) is 0. The summed E-state index contributed by atoms with van der Waals surface area (Å²) in [5.41, 5.74) is 0. The molecule has 0 bridgehead atoms. The summed E-state index contributed by atoms with van der Waals surface area (Å²) in [5.74, 6) is 0.138. The summed E-state index contributed by atoms with van der Waals surface area (Å²) >= 11 is 0. The minimum absolute atomic E-state index is 0.138. The zero-order valence-electron chi connectivity index (χ0n) is 10.2. The molecular formula is C7H13F6N2O2PS. The molecule has 19 heavy (non-hydrogen) atoms. The van der Waals surface area contributed by atoms with E-state index < -0.39 is 17.6 Å². The second-order valence-electron chi connectivity index (χ2n) is 3.66. The van der Waals surface area contributed by atoms with Crippen molar-refractivity contribution in [3.05, 3.63) is 12.4 Å². The molecule has 0 fully saturated rings. The van der Waals surface area contributed by atoms with Gasteiger partial charge in [0, 0.05) is 0 Å². The predicted octanol–water partition coefficient (Wildman–Crippen LogP) is 3.03. The molecule has 1 heterocycles. The van der Waals surface area contributed by atoms with E-state index in [-0.39, 0.29) is 5.75 Å². The van der Waals surface area contributed by atoms with Gasteiger partial charge in [-0.3, -0.25) is 0 Å². The molecule has 0 N–H and O–H groups in total. The fourth-order valence-corrected chi connectivity index (χ4v) is 2.40. The van der Waals surface area contributed by atoms with Crippen molar-refractivity contribution in [3.63, 3.8) is 0 Å². The van der Waals surface area contributed by atoms with Crippen LogP contribution in [0, 0.1) is 0 Å². The molecule has 0 saturated heterocycles. The molecule has 0 saturated carbocycles. The van der Waals surface area contributed by atoms with Crippen molar-refractivity contribution in [2.75, 3.05) is 5.75 Å². The van der Waals surface area contributed by atoms with E-state index in [1.54, 1.807) is 42.5 Å². The van der Waals surface area contributed by atoms with Crippen LogP contribution in [0.15, 0.2) is 17.6 Å². The molecule has 0 aromatic carbocycles. The van der Waals surface area contributed by atoms with Crippen molar-refractivity contribution < 1.29 is 38.2 Å². The molecule has 1 aromatic rings. The normalized spacial score (nSPS) is 16.1. The molecule has 4 nitrogen and oxygen atoms in total. The third kappa shape index (κ3) is 8.82. The molecule has 0 aliphatic rings. The van der Waals surface area contributed by atoms with Crippen molar-refractivity contribution in [2.45, 2.75) is 12.1 Å². The first-order valence-corrected chi connectivity index (χ1v) is 8.42.